The van der Waals surface area contributed by atoms with E-state index in [4.69, 9.17) is 0 Å². The van der Waals surface area contributed by atoms with Gasteiger partial charge in [-0.15, -0.1) is 11.8 Å². The Morgan fingerprint density at radius 2 is 1.81 bits per heavy atom. The highest BCUT2D eigenvalue weighted by Crippen LogP contribution is 2.39. The van der Waals surface area contributed by atoms with E-state index in [1.165, 1.54) is 11.8 Å². The van der Waals surface area contributed by atoms with Gasteiger partial charge in [0.2, 0.25) is 5.91 Å². The number of amides is 1. The average Bonchev–Trinajstić information content (AvgIpc) is 2.92. The molecule has 1 aliphatic heterocycles. The maximum absolute atomic E-state index is 12.4. The molecule has 1 aliphatic rings. The van der Waals surface area contributed by atoms with Crippen molar-refractivity contribution in [1.82, 2.24) is 0 Å². The summed E-state index contributed by atoms with van der Waals surface area (Å²) in [6.45, 7) is 1.53. The zero-order valence-corrected chi connectivity index (χ0v) is 12.4. The van der Waals surface area contributed by atoms with E-state index >= 15 is 0 Å². The lowest BCUT2D eigenvalue weighted by Gasteiger charge is -2.11. The molecule has 0 saturated heterocycles. The number of nitrogens with one attached hydrogen (secondary N) is 1. The summed E-state index contributed by atoms with van der Waals surface area (Å²) < 4.78 is 0. The second-order valence-electron chi connectivity index (χ2n) is 5.02. The highest BCUT2D eigenvalue weighted by atomic mass is 32.2. The van der Waals surface area contributed by atoms with Crippen LogP contribution in [-0.2, 0) is 4.79 Å². The number of fused-ring (bicyclic) bond motifs is 1. The van der Waals surface area contributed by atoms with E-state index in [2.05, 4.69) is 11.4 Å². The van der Waals surface area contributed by atoms with Crippen LogP contribution in [0.25, 0.3) is 0 Å². The number of hydrogen-bond acceptors (Lipinski definition) is 3. The van der Waals surface area contributed by atoms with Gasteiger partial charge in [0.05, 0.1) is 5.92 Å². The van der Waals surface area contributed by atoms with Gasteiger partial charge < -0.3 is 5.32 Å². The number of Topliss-reactive ketones (excluding diaryl/α,β-unsaturated/α-hetero) is 1. The first-order valence-corrected chi connectivity index (χ1v) is 7.77. The zero-order valence-electron chi connectivity index (χ0n) is 11.6. The molecule has 0 spiro atoms. The number of thioether (sulfide) groups is 1. The summed E-state index contributed by atoms with van der Waals surface area (Å²) in [5.74, 6) is 0.687. The Balaban J connectivity index is 1.74. The summed E-state index contributed by atoms with van der Waals surface area (Å²) in [5.41, 5.74) is 2.47. The maximum atomic E-state index is 12.4. The van der Waals surface area contributed by atoms with E-state index in [0.717, 1.165) is 17.0 Å². The highest BCUT2D eigenvalue weighted by molar-refractivity contribution is 7.99. The summed E-state index contributed by atoms with van der Waals surface area (Å²) in [4.78, 5) is 24.8. The minimum absolute atomic E-state index is 0.00280. The molecule has 2 aromatic rings. The van der Waals surface area contributed by atoms with Gasteiger partial charge in [-0.05, 0) is 42.8 Å². The largest absolute Gasteiger partial charge is 0.326 e. The molecule has 21 heavy (non-hydrogen) atoms. The lowest BCUT2D eigenvalue weighted by Crippen LogP contribution is -2.21. The summed E-state index contributed by atoms with van der Waals surface area (Å²) >= 11 is 1.72. The molecule has 4 heteroatoms. The molecule has 1 unspecified atom stereocenters. The fourth-order valence-corrected chi connectivity index (χ4v) is 3.63. The van der Waals surface area contributed by atoms with Crippen molar-refractivity contribution in [3.8, 4) is 0 Å². The van der Waals surface area contributed by atoms with Gasteiger partial charge >= 0.3 is 0 Å². The molecule has 1 heterocycles. The predicted molar refractivity (Wildman–Crippen MR) is 85.0 cm³/mol. The highest BCUT2D eigenvalue weighted by Gasteiger charge is 2.28. The second kappa shape index (κ2) is 5.74. The molecule has 1 amide bonds. The third-order valence-corrected chi connectivity index (χ3v) is 4.76. The van der Waals surface area contributed by atoms with Gasteiger partial charge in [-0.25, -0.2) is 0 Å². The van der Waals surface area contributed by atoms with Gasteiger partial charge in [0.1, 0.15) is 0 Å². The van der Waals surface area contributed by atoms with Crippen LogP contribution in [0.3, 0.4) is 0 Å². The predicted octanol–water partition coefficient (Wildman–Crippen LogP) is 3.72. The third-order valence-electron chi connectivity index (χ3n) is 3.58. The topological polar surface area (TPSA) is 46.2 Å². The number of benzene rings is 2. The van der Waals surface area contributed by atoms with E-state index in [1.807, 2.05) is 18.2 Å². The Morgan fingerprint density at radius 3 is 2.52 bits per heavy atom. The van der Waals surface area contributed by atoms with Crippen molar-refractivity contribution in [3.63, 3.8) is 0 Å². The maximum Gasteiger partial charge on any atom is 0.232 e. The molecule has 0 radical (unpaired) electrons. The molecule has 0 saturated carbocycles. The van der Waals surface area contributed by atoms with Crippen molar-refractivity contribution in [3.05, 3.63) is 59.7 Å². The van der Waals surface area contributed by atoms with Gasteiger partial charge in [0.25, 0.3) is 0 Å². The van der Waals surface area contributed by atoms with Gasteiger partial charge in [0, 0.05) is 21.9 Å². The molecule has 3 rings (SSSR count). The fourth-order valence-electron chi connectivity index (χ4n) is 2.40. The van der Waals surface area contributed by atoms with Crippen LogP contribution in [0.4, 0.5) is 5.69 Å². The summed E-state index contributed by atoms with van der Waals surface area (Å²) in [5, 5.41) is 2.93. The van der Waals surface area contributed by atoms with Gasteiger partial charge in [0.15, 0.2) is 5.78 Å². The molecule has 1 atom stereocenters. The van der Waals surface area contributed by atoms with Gasteiger partial charge in [-0.2, -0.15) is 0 Å². The van der Waals surface area contributed by atoms with Crippen LogP contribution >= 0.6 is 11.8 Å². The first kappa shape index (κ1) is 13.9. The molecule has 1 N–H and O–H groups in total. The number of rotatable bonds is 3. The SMILES string of the molecule is CC(=O)c1ccc(NC(=O)C2CSc3ccccc32)cc1. The van der Waals surface area contributed by atoms with Crippen LogP contribution < -0.4 is 5.32 Å². The second-order valence-corrected chi connectivity index (χ2v) is 6.09. The van der Waals surface area contributed by atoms with Crippen LogP contribution in [0, 0.1) is 0 Å². The molecule has 0 aliphatic carbocycles. The molecule has 0 aromatic heterocycles. The first-order chi connectivity index (χ1) is 10.1. The molecule has 106 valence electrons. The molecular formula is C17H15NO2S. The van der Waals surface area contributed by atoms with Crippen molar-refractivity contribution < 1.29 is 9.59 Å². The molecule has 2 aromatic carbocycles. The number of carbonyl (C=O) groups excluding carboxylic acids is 2. The van der Waals surface area contributed by atoms with E-state index in [-0.39, 0.29) is 17.6 Å². The average molecular weight is 297 g/mol. The fraction of sp³-hybridized carbons (Fsp3) is 0.176. The van der Waals surface area contributed by atoms with Crippen molar-refractivity contribution in [2.24, 2.45) is 0 Å². The third kappa shape index (κ3) is 2.85. The van der Waals surface area contributed by atoms with Crippen molar-refractivity contribution in [2.45, 2.75) is 17.7 Å². The Bertz CT molecular complexity index is 694. The van der Waals surface area contributed by atoms with E-state index in [1.54, 1.807) is 36.0 Å². The lowest BCUT2D eigenvalue weighted by atomic mass is 10.0. The molecular weight excluding hydrogens is 282 g/mol. The van der Waals surface area contributed by atoms with E-state index in [9.17, 15) is 9.59 Å². The van der Waals surface area contributed by atoms with Crippen LogP contribution in [0.2, 0.25) is 0 Å². The quantitative estimate of drug-likeness (QED) is 0.878. The number of carbonyl (C=O) groups is 2. The van der Waals surface area contributed by atoms with Crippen molar-refractivity contribution in [1.29, 1.82) is 0 Å². The van der Waals surface area contributed by atoms with E-state index < -0.39 is 0 Å². The normalized spacial score (nSPS) is 16.3. The van der Waals surface area contributed by atoms with E-state index in [0.29, 0.717) is 5.56 Å². The monoisotopic (exact) mass is 297 g/mol. The number of anilines is 1. The summed E-state index contributed by atoms with van der Waals surface area (Å²) in [6, 6.07) is 15.0. The molecule has 3 nitrogen and oxygen atoms in total. The Labute approximate surface area is 127 Å². The number of ketones is 1. The zero-order chi connectivity index (χ0) is 14.8. The first-order valence-electron chi connectivity index (χ1n) is 6.79. The Hall–Kier alpha value is -2.07. The van der Waals surface area contributed by atoms with Gasteiger partial charge in [-0.3, -0.25) is 9.59 Å². The van der Waals surface area contributed by atoms with Crippen molar-refractivity contribution >= 4 is 29.1 Å². The van der Waals surface area contributed by atoms with Crippen LogP contribution in [0.15, 0.2) is 53.4 Å². The van der Waals surface area contributed by atoms with Crippen LogP contribution in [0.5, 0.6) is 0 Å². The standard InChI is InChI=1S/C17H15NO2S/c1-11(19)12-6-8-13(9-7-12)18-17(20)15-10-21-16-5-3-2-4-14(15)16/h2-9,15H,10H2,1H3,(H,18,20). The number of hydrogen-bond donors (Lipinski definition) is 1. The molecule has 0 fully saturated rings. The summed E-state index contributed by atoms with van der Waals surface area (Å²) in [7, 11) is 0. The van der Waals surface area contributed by atoms with Crippen LogP contribution in [0.1, 0.15) is 28.8 Å². The molecule has 0 bridgehead atoms. The van der Waals surface area contributed by atoms with Crippen LogP contribution in [-0.4, -0.2) is 17.4 Å². The smallest absolute Gasteiger partial charge is 0.232 e. The minimum atomic E-state index is -0.112. The minimum Gasteiger partial charge on any atom is -0.326 e. The van der Waals surface area contributed by atoms with Crippen molar-refractivity contribution in [2.75, 3.05) is 11.1 Å². The Morgan fingerprint density at radius 1 is 1.10 bits per heavy atom. The van der Waals surface area contributed by atoms with Gasteiger partial charge in [-0.1, -0.05) is 18.2 Å². The Kier molecular flexibility index (Phi) is 3.80. The summed E-state index contributed by atoms with van der Waals surface area (Å²) in [6.07, 6.45) is 0. The lowest BCUT2D eigenvalue weighted by molar-refractivity contribution is -0.117.